The zero-order valence-corrected chi connectivity index (χ0v) is 4.53. The Morgan fingerprint density at radius 3 is 2.29 bits per heavy atom. The highest BCUT2D eigenvalue weighted by Gasteiger charge is 1.99. The largest absolute Gasteiger partial charge is 0.875 e. The lowest BCUT2D eigenvalue weighted by molar-refractivity contribution is -0.306. The van der Waals surface area contributed by atoms with Gasteiger partial charge in [0.15, 0.2) is 0 Å². The Labute approximate surface area is 43.7 Å². The van der Waals surface area contributed by atoms with Crippen molar-refractivity contribution in [3.8, 4) is 0 Å². The van der Waals surface area contributed by atoms with Gasteiger partial charge in [-0.05, 0) is 26.2 Å². The molecule has 7 heavy (non-hydrogen) atoms. The summed E-state index contributed by atoms with van der Waals surface area (Å²) in [6, 6.07) is 0. The van der Waals surface area contributed by atoms with Crippen LogP contribution in [0.2, 0.25) is 0 Å². The first-order valence-electron chi connectivity index (χ1n) is 2.66. The highest BCUT2D eigenvalue weighted by molar-refractivity contribution is 5.08. The minimum atomic E-state index is 0.375. The molecule has 0 aromatic rings. The fourth-order valence-electron chi connectivity index (χ4n) is 0.867. The maximum absolute atomic E-state index is 10.5. The number of hydrogen-bond donors (Lipinski definition) is 0. The van der Waals surface area contributed by atoms with Crippen LogP contribution in [0.5, 0.6) is 0 Å². The molecule has 0 amide bonds. The van der Waals surface area contributed by atoms with Gasteiger partial charge in [0.2, 0.25) is 0 Å². The van der Waals surface area contributed by atoms with Crippen molar-refractivity contribution in [3.05, 3.63) is 11.3 Å². The molecule has 1 aliphatic rings. The Kier molecular flexibility index (Phi) is 1.05. The van der Waals surface area contributed by atoms with E-state index in [-0.39, 0.29) is 0 Å². The molecule has 0 aliphatic heterocycles. The van der Waals surface area contributed by atoms with Gasteiger partial charge in [0.05, 0.1) is 0 Å². The second kappa shape index (κ2) is 1.57. The third-order valence-electron chi connectivity index (χ3n) is 1.43. The van der Waals surface area contributed by atoms with E-state index in [1.807, 2.05) is 6.92 Å². The summed E-state index contributed by atoms with van der Waals surface area (Å²) in [5, 5.41) is 10.5. The third kappa shape index (κ3) is 0.763. The second-order valence-corrected chi connectivity index (χ2v) is 2.06. The molecule has 0 spiro atoms. The van der Waals surface area contributed by atoms with Crippen molar-refractivity contribution in [2.75, 3.05) is 0 Å². The van der Waals surface area contributed by atoms with Gasteiger partial charge in [-0.1, -0.05) is 5.57 Å². The van der Waals surface area contributed by atoms with Crippen molar-refractivity contribution in [1.82, 2.24) is 0 Å². The van der Waals surface area contributed by atoms with E-state index in [0.29, 0.717) is 5.76 Å². The summed E-state index contributed by atoms with van der Waals surface area (Å²) < 4.78 is 0. The van der Waals surface area contributed by atoms with Gasteiger partial charge in [0.25, 0.3) is 0 Å². The van der Waals surface area contributed by atoms with Gasteiger partial charge < -0.3 is 5.11 Å². The van der Waals surface area contributed by atoms with Gasteiger partial charge in [-0.25, -0.2) is 0 Å². The lowest BCUT2D eigenvalue weighted by Gasteiger charge is -2.04. The maximum atomic E-state index is 10.5. The zero-order chi connectivity index (χ0) is 5.28. The molecule has 1 rings (SSSR count). The number of hydrogen-bond acceptors (Lipinski definition) is 1. The smallest absolute Gasteiger partial charge is 0.0326 e. The maximum Gasteiger partial charge on any atom is -0.0326 e. The molecule has 40 valence electrons. The van der Waals surface area contributed by atoms with Crippen LogP contribution in [0.3, 0.4) is 0 Å². The van der Waals surface area contributed by atoms with Crippen molar-refractivity contribution in [2.24, 2.45) is 0 Å². The van der Waals surface area contributed by atoms with Crippen molar-refractivity contribution in [3.63, 3.8) is 0 Å². The first kappa shape index (κ1) is 4.69. The Balaban J connectivity index is 2.64. The molecule has 0 heterocycles. The predicted molar refractivity (Wildman–Crippen MR) is 26.6 cm³/mol. The van der Waals surface area contributed by atoms with Gasteiger partial charge in [-0.2, -0.15) is 0 Å². The van der Waals surface area contributed by atoms with Gasteiger partial charge >= 0.3 is 0 Å². The van der Waals surface area contributed by atoms with Crippen LogP contribution in [0.1, 0.15) is 26.2 Å². The lowest BCUT2D eigenvalue weighted by atomic mass is 10.3. The molecule has 0 N–H and O–H groups in total. The lowest BCUT2D eigenvalue weighted by Crippen LogP contribution is -2.00. The molecule has 0 saturated carbocycles. The van der Waals surface area contributed by atoms with Crippen LogP contribution in [0.4, 0.5) is 0 Å². The Hall–Kier alpha value is -0.460. The van der Waals surface area contributed by atoms with E-state index in [1.54, 1.807) is 0 Å². The summed E-state index contributed by atoms with van der Waals surface area (Å²) >= 11 is 0. The van der Waals surface area contributed by atoms with E-state index in [1.165, 1.54) is 0 Å². The normalized spacial score (nSPS) is 21.3. The van der Waals surface area contributed by atoms with Crippen molar-refractivity contribution >= 4 is 0 Å². The number of allylic oxidation sites excluding steroid dienone is 2. The molecule has 0 atom stereocenters. The molecule has 0 bridgehead atoms. The van der Waals surface area contributed by atoms with Crippen LogP contribution in [0.15, 0.2) is 11.3 Å². The van der Waals surface area contributed by atoms with E-state index >= 15 is 0 Å². The summed E-state index contributed by atoms with van der Waals surface area (Å²) in [7, 11) is 0. The van der Waals surface area contributed by atoms with Gasteiger partial charge in [0.1, 0.15) is 0 Å². The van der Waals surface area contributed by atoms with Crippen LogP contribution in [-0.2, 0) is 0 Å². The standard InChI is InChI=1S/C6H10O/c1-5-3-2-4-6(5)7/h7H,2-4H2,1H3/p-1. The molecule has 0 unspecified atom stereocenters. The molecule has 0 saturated heterocycles. The molecular formula is C6H9O-. The topological polar surface area (TPSA) is 23.1 Å². The summed E-state index contributed by atoms with van der Waals surface area (Å²) in [5.41, 5.74) is 1.07. The summed E-state index contributed by atoms with van der Waals surface area (Å²) in [4.78, 5) is 0. The fraction of sp³-hybridized carbons (Fsp3) is 0.667. The molecule has 1 heteroatoms. The van der Waals surface area contributed by atoms with Crippen LogP contribution in [0, 0.1) is 0 Å². The van der Waals surface area contributed by atoms with Crippen LogP contribution >= 0.6 is 0 Å². The summed E-state index contributed by atoms with van der Waals surface area (Å²) in [6.07, 6.45) is 2.93. The van der Waals surface area contributed by atoms with E-state index in [2.05, 4.69) is 0 Å². The average molecular weight is 97.1 g/mol. The Bertz CT molecular complexity index is 90.7. The summed E-state index contributed by atoms with van der Waals surface area (Å²) in [6.45, 7) is 1.93. The monoisotopic (exact) mass is 97.1 g/mol. The molecule has 0 aromatic carbocycles. The van der Waals surface area contributed by atoms with Gasteiger partial charge in [0, 0.05) is 0 Å². The van der Waals surface area contributed by atoms with Gasteiger partial charge in [-0.15, -0.1) is 5.76 Å². The predicted octanol–water partition coefficient (Wildman–Crippen LogP) is 0.805. The van der Waals surface area contributed by atoms with Gasteiger partial charge in [-0.3, -0.25) is 0 Å². The quantitative estimate of drug-likeness (QED) is 0.438. The van der Waals surface area contributed by atoms with Crippen LogP contribution in [-0.4, -0.2) is 0 Å². The molecule has 0 aromatic heterocycles. The Morgan fingerprint density at radius 1 is 1.43 bits per heavy atom. The molecular weight excluding hydrogens is 88.1 g/mol. The SMILES string of the molecule is CC1=C([O-])CCC1. The van der Waals surface area contributed by atoms with E-state index in [4.69, 9.17) is 0 Å². The molecule has 1 aliphatic carbocycles. The summed E-state index contributed by atoms with van der Waals surface area (Å²) in [5.74, 6) is 0.375. The van der Waals surface area contributed by atoms with Crippen molar-refractivity contribution < 1.29 is 5.11 Å². The second-order valence-electron chi connectivity index (χ2n) is 2.06. The van der Waals surface area contributed by atoms with E-state index in [9.17, 15) is 5.11 Å². The van der Waals surface area contributed by atoms with Crippen LogP contribution in [0.25, 0.3) is 0 Å². The molecule has 0 fully saturated rings. The van der Waals surface area contributed by atoms with E-state index < -0.39 is 0 Å². The number of rotatable bonds is 0. The van der Waals surface area contributed by atoms with Crippen molar-refractivity contribution in [1.29, 1.82) is 0 Å². The Morgan fingerprint density at radius 2 is 2.14 bits per heavy atom. The highest BCUT2D eigenvalue weighted by atomic mass is 16.3. The average Bonchev–Trinajstić information content (AvgIpc) is 1.91. The molecule has 0 radical (unpaired) electrons. The first-order chi connectivity index (χ1) is 3.30. The minimum Gasteiger partial charge on any atom is -0.875 e. The molecule has 1 nitrogen and oxygen atoms in total. The first-order valence-corrected chi connectivity index (χ1v) is 2.66. The van der Waals surface area contributed by atoms with Crippen molar-refractivity contribution in [2.45, 2.75) is 26.2 Å². The fourth-order valence-corrected chi connectivity index (χ4v) is 0.867. The highest BCUT2D eigenvalue weighted by Crippen LogP contribution is 2.20. The minimum absolute atomic E-state index is 0.375. The van der Waals surface area contributed by atoms with Crippen LogP contribution < -0.4 is 5.11 Å². The van der Waals surface area contributed by atoms with E-state index in [0.717, 1.165) is 24.8 Å². The zero-order valence-electron chi connectivity index (χ0n) is 4.53. The third-order valence-corrected chi connectivity index (χ3v) is 1.43.